The summed E-state index contributed by atoms with van der Waals surface area (Å²) in [6.45, 7) is 3.02. The zero-order valence-corrected chi connectivity index (χ0v) is 18.9. The van der Waals surface area contributed by atoms with E-state index >= 15 is 0 Å². The van der Waals surface area contributed by atoms with E-state index in [-0.39, 0.29) is 41.9 Å². The molecule has 2 amide bonds. The lowest BCUT2D eigenvalue weighted by Crippen LogP contribution is -2.42. The molecule has 1 unspecified atom stereocenters. The molecule has 6 rings (SSSR count). The standard InChI is InChI=1S/C24H32N6O3/c31-23(27-17-6-11-30(15-17)22-21-25-7-12-28(21)13-8-26-22)16-2-1-9-29(10-5-16)24(32)19-14-18-3-4-20(19)33-18/h7-8,12-13,16-20H,1-6,9-11,14-15H2,(H,27,31)/t16?,17-,18-,19-,20+/m0/s1. The molecule has 4 saturated heterocycles. The summed E-state index contributed by atoms with van der Waals surface area (Å²) in [5.74, 6) is 1.25. The van der Waals surface area contributed by atoms with E-state index in [1.54, 1.807) is 12.4 Å². The highest BCUT2D eigenvalue weighted by Crippen LogP contribution is 2.40. The molecular formula is C24H32N6O3. The zero-order chi connectivity index (χ0) is 22.4. The van der Waals surface area contributed by atoms with Crippen molar-refractivity contribution in [3.05, 3.63) is 24.8 Å². The number of imidazole rings is 1. The van der Waals surface area contributed by atoms with E-state index in [2.05, 4.69) is 20.2 Å². The Labute approximate surface area is 193 Å². The van der Waals surface area contributed by atoms with Crippen LogP contribution in [0.5, 0.6) is 0 Å². The third-order valence-electron chi connectivity index (χ3n) is 7.96. The summed E-state index contributed by atoms with van der Waals surface area (Å²) < 4.78 is 7.86. The maximum atomic E-state index is 13.1. The number of carbonyl (C=O) groups excluding carboxylic acids is 2. The van der Waals surface area contributed by atoms with Crippen LogP contribution in [0.25, 0.3) is 5.65 Å². The Balaban J connectivity index is 1.02. The van der Waals surface area contributed by atoms with Gasteiger partial charge in [-0.3, -0.25) is 9.59 Å². The lowest BCUT2D eigenvalue weighted by molar-refractivity contribution is -0.137. The maximum absolute atomic E-state index is 13.1. The van der Waals surface area contributed by atoms with Crippen LogP contribution in [0, 0.1) is 11.8 Å². The van der Waals surface area contributed by atoms with Gasteiger partial charge in [0.25, 0.3) is 0 Å². The van der Waals surface area contributed by atoms with Gasteiger partial charge in [-0.25, -0.2) is 9.97 Å². The highest BCUT2D eigenvalue weighted by atomic mass is 16.5. The Hall–Kier alpha value is -2.68. The molecule has 2 aromatic heterocycles. The first kappa shape index (κ1) is 20.9. The van der Waals surface area contributed by atoms with Crippen LogP contribution in [0.4, 0.5) is 5.82 Å². The first-order valence-corrected chi connectivity index (χ1v) is 12.4. The molecular weight excluding hydrogens is 420 g/mol. The van der Waals surface area contributed by atoms with Gasteiger partial charge in [-0.1, -0.05) is 0 Å². The fourth-order valence-electron chi connectivity index (χ4n) is 6.16. The molecule has 6 heterocycles. The molecule has 176 valence electrons. The lowest BCUT2D eigenvalue weighted by atomic mass is 9.88. The van der Waals surface area contributed by atoms with Crippen LogP contribution in [0.1, 0.15) is 44.9 Å². The highest BCUT2D eigenvalue weighted by molar-refractivity contribution is 5.81. The molecule has 9 nitrogen and oxygen atoms in total. The van der Waals surface area contributed by atoms with E-state index in [4.69, 9.17) is 4.74 Å². The molecule has 0 aromatic carbocycles. The van der Waals surface area contributed by atoms with Gasteiger partial charge in [0.1, 0.15) is 0 Å². The Morgan fingerprint density at radius 1 is 1.00 bits per heavy atom. The van der Waals surface area contributed by atoms with Crippen molar-refractivity contribution in [1.29, 1.82) is 0 Å². The Morgan fingerprint density at radius 3 is 2.70 bits per heavy atom. The van der Waals surface area contributed by atoms with Gasteiger partial charge in [-0.15, -0.1) is 0 Å². The molecule has 4 fully saturated rings. The predicted molar refractivity (Wildman–Crippen MR) is 122 cm³/mol. The number of nitrogens with one attached hydrogen (secondary N) is 1. The molecule has 1 N–H and O–H groups in total. The number of hydrogen-bond acceptors (Lipinski definition) is 6. The lowest BCUT2D eigenvalue weighted by Gasteiger charge is -2.27. The second kappa shape index (κ2) is 8.59. The first-order valence-electron chi connectivity index (χ1n) is 12.4. The number of carbonyl (C=O) groups is 2. The largest absolute Gasteiger partial charge is 0.374 e. The molecule has 0 radical (unpaired) electrons. The van der Waals surface area contributed by atoms with Gasteiger partial charge in [0, 0.05) is 62.9 Å². The van der Waals surface area contributed by atoms with Gasteiger partial charge in [0.05, 0.1) is 18.1 Å². The molecule has 0 saturated carbocycles. The van der Waals surface area contributed by atoms with Crippen LogP contribution < -0.4 is 10.2 Å². The van der Waals surface area contributed by atoms with Gasteiger partial charge in [0.15, 0.2) is 11.5 Å². The Bertz CT molecular complexity index is 1040. The summed E-state index contributed by atoms with van der Waals surface area (Å²) in [6.07, 6.45) is 14.1. The number of likely N-dealkylation sites (tertiary alicyclic amines) is 1. The van der Waals surface area contributed by atoms with Crippen molar-refractivity contribution < 1.29 is 14.3 Å². The second-order valence-electron chi connectivity index (χ2n) is 10.0. The van der Waals surface area contributed by atoms with Gasteiger partial charge >= 0.3 is 0 Å². The number of aromatic nitrogens is 3. The highest BCUT2D eigenvalue weighted by Gasteiger charge is 2.46. The van der Waals surface area contributed by atoms with Crippen LogP contribution in [-0.2, 0) is 14.3 Å². The first-order chi connectivity index (χ1) is 16.2. The van der Waals surface area contributed by atoms with E-state index in [9.17, 15) is 9.59 Å². The summed E-state index contributed by atoms with van der Waals surface area (Å²) >= 11 is 0. The molecule has 0 aliphatic carbocycles. The number of nitrogens with zero attached hydrogens (tertiary/aromatic N) is 5. The summed E-state index contributed by atoms with van der Waals surface area (Å²) in [4.78, 5) is 39.3. The second-order valence-corrected chi connectivity index (χ2v) is 10.0. The summed E-state index contributed by atoms with van der Waals surface area (Å²) in [7, 11) is 0. The van der Waals surface area contributed by atoms with Crippen molar-refractivity contribution in [2.45, 2.75) is 63.2 Å². The fourth-order valence-corrected chi connectivity index (χ4v) is 6.16. The van der Waals surface area contributed by atoms with Crippen molar-refractivity contribution in [1.82, 2.24) is 24.6 Å². The average Bonchev–Trinajstić information content (AvgIpc) is 3.61. The summed E-state index contributed by atoms with van der Waals surface area (Å²) in [5.41, 5.74) is 0.846. The number of fused-ring (bicyclic) bond motifs is 3. The molecule has 2 bridgehead atoms. The third-order valence-corrected chi connectivity index (χ3v) is 7.96. The minimum absolute atomic E-state index is 0.0259. The van der Waals surface area contributed by atoms with Crippen molar-refractivity contribution >= 4 is 23.3 Å². The van der Waals surface area contributed by atoms with Crippen LogP contribution in [0.2, 0.25) is 0 Å². The molecule has 33 heavy (non-hydrogen) atoms. The van der Waals surface area contributed by atoms with E-state index in [0.29, 0.717) is 6.54 Å². The smallest absolute Gasteiger partial charge is 0.228 e. The number of rotatable bonds is 4. The van der Waals surface area contributed by atoms with Gasteiger partial charge in [-0.2, -0.15) is 0 Å². The monoisotopic (exact) mass is 452 g/mol. The number of anilines is 1. The van der Waals surface area contributed by atoms with Crippen molar-refractivity contribution in [2.24, 2.45) is 11.8 Å². The Morgan fingerprint density at radius 2 is 1.88 bits per heavy atom. The number of ether oxygens (including phenoxy) is 1. The summed E-state index contributed by atoms with van der Waals surface area (Å²) in [6, 6.07) is 0.113. The average molecular weight is 453 g/mol. The van der Waals surface area contributed by atoms with Crippen LogP contribution >= 0.6 is 0 Å². The molecule has 4 aliphatic rings. The number of amides is 2. The molecule has 0 spiro atoms. The summed E-state index contributed by atoms with van der Waals surface area (Å²) in [5, 5.41) is 3.28. The van der Waals surface area contributed by atoms with Gasteiger partial charge in [-0.05, 0) is 44.9 Å². The minimum Gasteiger partial charge on any atom is -0.374 e. The van der Waals surface area contributed by atoms with Gasteiger partial charge in [0.2, 0.25) is 11.8 Å². The molecule has 9 heteroatoms. The molecule has 4 aliphatic heterocycles. The fraction of sp³-hybridized carbons (Fsp3) is 0.667. The van der Waals surface area contributed by atoms with E-state index in [1.165, 1.54) is 0 Å². The van der Waals surface area contributed by atoms with Gasteiger partial charge < -0.3 is 24.3 Å². The van der Waals surface area contributed by atoms with E-state index in [1.807, 2.05) is 21.7 Å². The Kier molecular flexibility index (Phi) is 5.44. The predicted octanol–water partition coefficient (Wildman–Crippen LogP) is 1.62. The van der Waals surface area contributed by atoms with Crippen molar-refractivity contribution in [2.75, 3.05) is 31.1 Å². The van der Waals surface area contributed by atoms with Crippen LogP contribution in [0.3, 0.4) is 0 Å². The molecule has 5 atom stereocenters. The van der Waals surface area contributed by atoms with Crippen molar-refractivity contribution in [3.8, 4) is 0 Å². The quantitative estimate of drug-likeness (QED) is 0.758. The number of hydrogen-bond donors (Lipinski definition) is 1. The van der Waals surface area contributed by atoms with Crippen LogP contribution in [-0.4, -0.2) is 75.5 Å². The topological polar surface area (TPSA) is 92.1 Å². The molecule has 2 aromatic rings. The SMILES string of the molecule is O=C(N[C@H]1CCN(c2nccn3ccnc23)C1)C1CCCN(C(=O)[C@H]2C[C@@H]3CC[C@H]2O3)CC1. The normalized spacial score (nSPS) is 31.8. The van der Waals surface area contributed by atoms with Crippen molar-refractivity contribution in [3.63, 3.8) is 0 Å². The van der Waals surface area contributed by atoms with Crippen LogP contribution in [0.15, 0.2) is 24.8 Å². The van der Waals surface area contributed by atoms with E-state index < -0.39 is 0 Å². The van der Waals surface area contributed by atoms with E-state index in [0.717, 1.165) is 76.0 Å². The zero-order valence-electron chi connectivity index (χ0n) is 18.9. The third kappa shape index (κ3) is 3.96. The maximum Gasteiger partial charge on any atom is 0.228 e. The minimum atomic E-state index is -0.0259.